The molecule has 9 heteroatoms. The average molecular weight is 552 g/mol. The van der Waals surface area contributed by atoms with Crippen LogP contribution in [0.1, 0.15) is 5.56 Å². The van der Waals surface area contributed by atoms with Gasteiger partial charge in [0.05, 0.1) is 19.0 Å². The van der Waals surface area contributed by atoms with Gasteiger partial charge in [-0.15, -0.1) is 0 Å². The van der Waals surface area contributed by atoms with Crippen molar-refractivity contribution in [2.45, 2.75) is 4.90 Å². The van der Waals surface area contributed by atoms with Gasteiger partial charge in [-0.1, -0.05) is 76.6 Å². The number of carbonyl (C=O) groups excluding carboxylic acids is 1. The Labute approximate surface area is 212 Å². The molecule has 0 radical (unpaired) electrons. The zero-order chi connectivity index (χ0) is 24.8. The van der Waals surface area contributed by atoms with Crippen LogP contribution in [0.15, 0.2) is 105 Å². The second kappa shape index (κ2) is 10.7. The van der Waals surface area contributed by atoms with E-state index in [9.17, 15) is 13.2 Å². The Kier molecular flexibility index (Phi) is 7.48. The smallest absolute Gasteiger partial charge is 0.268 e. The maximum atomic E-state index is 13.6. The molecule has 0 bridgehead atoms. The summed E-state index contributed by atoms with van der Waals surface area (Å²) in [6.45, 7) is -0.477. The van der Waals surface area contributed by atoms with Crippen molar-refractivity contribution >= 4 is 54.5 Å². The van der Waals surface area contributed by atoms with Crippen LogP contribution in [0.5, 0.6) is 5.75 Å². The first-order valence-corrected chi connectivity index (χ1v) is 12.8. The van der Waals surface area contributed by atoms with E-state index in [1.54, 1.807) is 48.7 Å². The Morgan fingerprint density at radius 3 is 2.49 bits per heavy atom. The molecule has 0 unspecified atom stereocenters. The quantitative estimate of drug-likeness (QED) is 0.247. The predicted octanol–water partition coefficient (Wildman–Crippen LogP) is 4.96. The van der Waals surface area contributed by atoms with Gasteiger partial charge in [0, 0.05) is 10.0 Å². The number of hydrogen-bond acceptors (Lipinski definition) is 5. The van der Waals surface area contributed by atoms with Crippen molar-refractivity contribution in [3.63, 3.8) is 0 Å². The second-order valence-electron chi connectivity index (χ2n) is 7.50. The largest absolute Gasteiger partial charge is 0.495 e. The van der Waals surface area contributed by atoms with Crippen LogP contribution in [0.4, 0.5) is 5.69 Å². The fourth-order valence-electron chi connectivity index (χ4n) is 3.58. The Morgan fingerprint density at radius 2 is 1.71 bits per heavy atom. The van der Waals surface area contributed by atoms with Crippen LogP contribution < -0.4 is 14.5 Å². The number of fused-ring (bicyclic) bond motifs is 1. The van der Waals surface area contributed by atoms with E-state index >= 15 is 0 Å². The molecule has 1 N–H and O–H groups in total. The molecule has 178 valence electrons. The van der Waals surface area contributed by atoms with Gasteiger partial charge < -0.3 is 4.74 Å². The van der Waals surface area contributed by atoms with Gasteiger partial charge in [0.2, 0.25) is 0 Å². The van der Waals surface area contributed by atoms with Crippen molar-refractivity contribution in [2.24, 2.45) is 5.10 Å². The minimum absolute atomic E-state index is 0.0646. The van der Waals surface area contributed by atoms with E-state index in [0.29, 0.717) is 10.2 Å². The van der Waals surface area contributed by atoms with Crippen LogP contribution in [0.2, 0.25) is 0 Å². The number of para-hydroxylation sites is 1. The topological polar surface area (TPSA) is 88.1 Å². The third-order valence-electron chi connectivity index (χ3n) is 5.24. The molecule has 0 fully saturated rings. The number of hydrogen-bond donors (Lipinski definition) is 1. The number of nitrogens with one attached hydrogen (secondary N) is 1. The highest BCUT2D eigenvalue weighted by molar-refractivity contribution is 9.10. The zero-order valence-electron chi connectivity index (χ0n) is 18.8. The fourth-order valence-corrected chi connectivity index (χ4v) is 5.70. The van der Waals surface area contributed by atoms with Crippen LogP contribution in [0.25, 0.3) is 10.8 Å². The van der Waals surface area contributed by atoms with Gasteiger partial charge in [0.25, 0.3) is 15.9 Å². The number of ether oxygens (including phenoxy) is 1. The summed E-state index contributed by atoms with van der Waals surface area (Å²) in [7, 11) is -2.76. The Hall–Kier alpha value is -3.69. The summed E-state index contributed by atoms with van der Waals surface area (Å²) in [5.41, 5.74) is 3.61. The molecule has 0 aromatic heterocycles. The highest BCUT2D eigenvalue weighted by Gasteiger charge is 2.30. The number of halogens is 1. The number of methoxy groups -OCH3 is 1. The lowest BCUT2D eigenvalue weighted by molar-refractivity contribution is -0.119. The lowest BCUT2D eigenvalue weighted by atomic mass is 10.1. The van der Waals surface area contributed by atoms with Gasteiger partial charge >= 0.3 is 0 Å². The first-order chi connectivity index (χ1) is 16.9. The molecular formula is C26H22BrN3O4S. The molecule has 4 aromatic carbocycles. The van der Waals surface area contributed by atoms with Crippen LogP contribution in [-0.2, 0) is 14.8 Å². The third kappa shape index (κ3) is 5.52. The summed E-state index contributed by atoms with van der Waals surface area (Å²) in [6.07, 6.45) is 1.54. The normalized spacial score (nSPS) is 11.5. The van der Waals surface area contributed by atoms with E-state index in [1.165, 1.54) is 13.2 Å². The van der Waals surface area contributed by atoms with Gasteiger partial charge in [-0.3, -0.25) is 9.10 Å². The maximum Gasteiger partial charge on any atom is 0.268 e. The summed E-state index contributed by atoms with van der Waals surface area (Å²) >= 11 is 3.31. The van der Waals surface area contributed by atoms with Crippen molar-refractivity contribution in [1.82, 2.24) is 5.43 Å². The first-order valence-electron chi connectivity index (χ1n) is 10.6. The number of benzene rings is 4. The second-order valence-corrected chi connectivity index (χ2v) is 10.3. The van der Waals surface area contributed by atoms with E-state index < -0.39 is 22.5 Å². The molecule has 0 atom stereocenters. The van der Waals surface area contributed by atoms with Crippen molar-refractivity contribution in [3.8, 4) is 5.75 Å². The number of rotatable bonds is 8. The molecule has 35 heavy (non-hydrogen) atoms. The van der Waals surface area contributed by atoms with E-state index in [2.05, 4.69) is 26.5 Å². The summed E-state index contributed by atoms with van der Waals surface area (Å²) in [4.78, 5) is 12.7. The molecule has 0 aliphatic carbocycles. The first kappa shape index (κ1) is 24.4. The van der Waals surface area contributed by atoms with Crippen molar-refractivity contribution < 1.29 is 17.9 Å². The van der Waals surface area contributed by atoms with Crippen LogP contribution in [0, 0.1) is 0 Å². The molecule has 0 aliphatic rings. The SMILES string of the molecule is COc1ccc(Br)cc1S(=O)(=O)N(CC(=O)N/N=C\c1cccc2ccccc12)c1ccccc1. The highest BCUT2D eigenvalue weighted by Crippen LogP contribution is 2.32. The number of anilines is 1. The number of sulfonamides is 1. The number of nitrogens with zero attached hydrogens (tertiary/aromatic N) is 2. The summed E-state index contributed by atoms with van der Waals surface area (Å²) in [5.74, 6) is -0.425. The minimum atomic E-state index is -4.15. The molecule has 4 rings (SSSR count). The predicted molar refractivity (Wildman–Crippen MR) is 141 cm³/mol. The van der Waals surface area contributed by atoms with Gasteiger partial charge in [0.1, 0.15) is 17.2 Å². The lowest BCUT2D eigenvalue weighted by Gasteiger charge is -2.24. The summed E-state index contributed by atoms with van der Waals surface area (Å²) < 4.78 is 34.2. The Bertz CT molecular complexity index is 1490. The lowest BCUT2D eigenvalue weighted by Crippen LogP contribution is -2.39. The monoisotopic (exact) mass is 551 g/mol. The van der Waals surface area contributed by atoms with Crippen molar-refractivity contribution in [3.05, 3.63) is 101 Å². The van der Waals surface area contributed by atoms with Crippen LogP contribution in [0.3, 0.4) is 0 Å². The molecule has 0 heterocycles. The standard InChI is InChI=1S/C26H22BrN3O4S/c1-34-24-15-14-21(27)16-25(24)35(32,33)30(22-11-3-2-4-12-22)18-26(31)29-28-17-20-10-7-9-19-8-5-6-13-23(19)20/h2-17H,18H2,1H3,(H,29,31)/b28-17-. The maximum absolute atomic E-state index is 13.6. The van der Waals surface area contributed by atoms with E-state index in [1.807, 2.05) is 42.5 Å². The highest BCUT2D eigenvalue weighted by atomic mass is 79.9. The van der Waals surface area contributed by atoms with Crippen LogP contribution >= 0.6 is 15.9 Å². The summed E-state index contributed by atoms with van der Waals surface area (Å²) in [5, 5.41) is 6.10. The van der Waals surface area contributed by atoms with Gasteiger partial charge in [0.15, 0.2) is 0 Å². The number of carbonyl (C=O) groups is 1. The summed E-state index contributed by atoms with van der Waals surface area (Å²) in [6, 6.07) is 26.7. The molecule has 0 saturated carbocycles. The molecule has 0 saturated heterocycles. The van der Waals surface area contributed by atoms with Crippen molar-refractivity contribution in [2.75, 3.05) is 18.0 Å². The average Bonchev–Trinajstić information content (AvgIpc) is 2.88. The van der Waals surface area contributed by atoms with E-state index in [0.717, 1.165) is 20.6 Å². The zero-order valence-corrected chi connectivity index (χ0v) is 21.2. The fraction of sp³-hybridized carbons (Fsp3) is 0.0769. The molecule has 0 spiro atoms. The number of amides is 1. The Balaban J connectivity index is 1.61. The van der Waals surface area contributed by atoms with E-state index in [4.69, 9.17) is 4.74 Å². The van der Waals surface area contributed by atoms with Crippen molar-refractivity contribution in [1.29, 1.82) is 0 Å². The minimum Gasteiger partial charge on any atom is -0.495 e. The van der Waals surface area contributed by atoms with Crippen LogP contribution in [-0.4, -0.2) is 34.2 Å². The molecule has 0 aliphatic heterocycles. The molecule has 7 nitrogen and oxygen atoms in total. The Morgan fingerprint density at radius 1 is 1.00 bits per heavy atom. The number of hydrazone groups is 1. The molecular weight excluding hydrogens is 530 g/mol. The third-order valence-corrected chi connectivity index (χ3v) is 7.53. The van der Waals surface area contributed by atoms with Gasteiger partial charge in [-0.2, -0.15) is 5.10 Å². The van der Waals surface area contributed by atoms with E-state index in [-0.39, 0.29) is 10.6 Å². The van der Waals surface area contributed by atoms with Gasteiger partial charge in [-0.25, -0.2) is 13.8 Å². The molecule has 4 aromatic rings. The molecule has 1 amide bonds. The van der Waals surface area contributed by atoms with Gasteiger partial charge in [-0.05, 0) is 41.1 Å².